The van der Waals surface area contributed by atoms with Crippen LogP contribution in [0.25, 0.3) is 21.6 Å². The van der Waals surface area contributed by atoms with Crippen LogP contribution in [0.15, 0.2) is 53.9 Å². The van der Waals surface area contributed by atoms with Crippen molar-refractivity contribution < 1.29 is 41.5 Å². The van der Waals surface area contributed by atoms with Gasteiger partial charge < -0.3 is 25.0 Å². The van der Waals surface area contributed by atoms with Crippen molar-refractivity contribution in [1.29, 1.82) is 0 Å². The number of amides is 4. The number of carbonyl (C=O) groups is 4. The Morgan fingerprint density at radius 3 is 2.59 bits per heavy atom. The molecule has 0 bridgehead atoms. The molecule has 288 valence electrons. The van der Waals surface area contributed by atoms with Crippen LogP contribution in [0.5, 0.6) is 5.88 Å². The molecule has 4 heterocycles. The van der Waals surface area contributed by atoms with E-state index in [1.165, 1.54) is 16.2 Å². The standard InChI is InChI=1S/C37H43FN6O8S2/c38-17-9-18-51-36(48)41-28-13-5-3-1-2-4-10-23-21-37(23,35(47)43-54(49,50)25-15-16-25)42-32(45)29-20-24(22-44(29)34(28)46)52-33-31(30-14-8-19-53-30)39-26-11-6-7-12-27(26)40-33/h4,6-8,10-12,14,19,23-25,28-29H,1-3,5,9,13,15-18,20-22H2,(H,41,48)(H,42,45)(H,43,47)/b10-4-/t23?,24-,28+,29+,37-/m1/s1. The summed E-state index contributed by atoms with van der Waals surface area (Å²) >= 11 is 1.46. The van der Waals surface area contributed by atoms with Crippen LogP contribution in [-0.4, -0.2) is 95.9 Å². The number of aromatic nitrogens is 2. The van der Waals surface area contributed by atoms with Crippen molar-refractivity contribution >= 4 is 56.2 Å². The van der Waals surface area contributed by atoms with Gasteiger partial charge in [0.15, 0.2) is 0 Å². The summed E-state index contributed by atoms with van der Waals surface area (Å²) in [5.74, 6) is -2.26. The van der Waals surface area contributed by atoms with Gasteiger partial charge in [0.2, 0.25) is 27.7 Å². The molecule has 4 aliphatic rings. The van der Waals surface area contributed by atoms with E-state index < -0.39 is 75.4 Å². The number of alkyl carbamates (subject to hydrolysis) is 1. The lowest BCUT2D eigenvalue weighted by atomic mass is 10.1. The molecule has 2 aliphatic heterocycles. The van der Waals surface area contributed by atoms with Crippen LogP contribution in [0.2, 0.25) is 0 Å². The summed E-state index contributed by atoms with van der Waals surface area (Å²) in [6.07, 6.45) is 6.22. The van der Waals surface area contributed by atoms with Gasteiger partial charge in [0.25, 0.3) is 5.91 Å². The third kappa shape index (κ3) is 8.36. The van der Waals surface area contributed by atoms with Crippen LogP contribution in [0.1, 0.15) is 64.2 Å². The molecule has 14 nitrogen and oxygen atoms in total. The van der Waals surface area contributed by atoms with Gasteiger partial charge in [-0.3, -0.25) is 23.5 Å². The summed E-state index contributed by atoms with van der Waals surface area (Å²) in [6, 6.07) is 8.88. The third-order valence-corrected chi connectivity index (χ3v) is 12.9. The van der Waals surface area contributed by atoms with E-state index in [-0.39, 0.29) is 44.7 Å². The first kappa shape index (κ1) is 37.7. The van der Waals surface area contributed by atoms with Crippen molar-refractivity contribution in [2.45, 2.75) is 93.2 Å². The number of carbonyl (C=O) groups excluding carboxylic acids is 4. The zero-order valence-electron chi connectivity index (χ0n) is 29.6. The van der Waals surface area contributed by atoms with Crippen LogP contribution in [-0.2, 0) is 29.1 Å². The molecule has 3 fully saturated rings. The molecular formula is C37H43FN6O8S2. The molecule has 5 atom stereocenters. The Morgan fingerprint density at radius 2 is 1.85 bits per heavy atom. The molecule has 0 radical (unpaired) electrons. The number of halogens is 1. The first-order chi connectivity index (χ1) is 26.1. The highest BCUT2D eigenvalue weighted by atomic mass is 32.2. The maximum Gasteiger partial charge on any atom is 0.407 e. The quantitative estimate of drug-likeness (QED) is 0.199. The van der Waals surface area contributed by atoms with E-state index in [1.54, 1.807) is 6.07 Å². The smallest absolute Gasteiger partial charge is 0.407 e. The number of hydrogen-bond donors (Lipinski definition) is 3. The zero-order chi connectivity index (χ0) is 37.9. The van der Waals surface area contributed by atoms with Gasteiger partial charge in [-0.25, -0.2) is 23.2 Å². The second kappa shape index (κ2) is 16.0. The molecule has 2 aromatic heterocycles. The Kier molecular flexibility index (Phi) is 11.2. The summed E-state index contributed by atoms with van der Waals surface area (Å²) in [4.78, 5) is 67.0. The predicted octanol–water partition coefficient (Wildman–Crippen LogP) is 4.16. The lowest BCUT2D eigenvalue weighted by Gasteiger charge is -2.29. The molecule has 4 amide bonds. The number of allylic oxidation sites excluding steroid dienone is 1. The Bertz CT molecular complexity index is 2030. The summed E-state index contributed by atoms with van der Waals surface area (Å²) < 4.78 is 52.2. The van der Waals surface area contributed by atoms with Gasteiger partial charge >= 0.3 is 6.09 Å². The van der Waals surface area contributed by atoms with Crippen molar-refractivity contribution in [2.75, 3.05) is 19.8 Å². The number of sulfonamides is 1. The van der Waals surface area contributed by atoms with Gasteiger partial charge in [-0.05, 0) is 62.1 Å². The number of benzene rings is 1. The minimum Gasteiger partial charge on any atom is -0.471 e. The maximum absolute atomic E-state index is 14.4. The molecule has 3 aromatic rings. The van der Waals surface area contributed by atoms with Crippen molar-refractivity contribution in [1.82, 2.24) is 30.2 Å². The Morgan fingerprint density at radius 1 is 1.06 bits per heavy atom. The van der Waals surface area contributed by atoms with Crippen molar-refractivity contribution in [2.24, 2.45) is 5.92 Å². The first-order valence-electron chi connectivity index (χ1n) is 18.4. The number of nitrogens with one attached hydrogen (secondary N) is 3. The number of ether oxygens (including phenoxy) is 2. The Balaban J connectivity index is 1.20. The van der Waals surface area contributed by atoms with Crippen molar-refractivity contribution in [3.8, 4) is 16.5 Å². The van der Waals surface area contributed by atoms with Crippen molar-refractivity contribution in [3.05, 3.63) is 53.9 Å². The molecule has 7 rings (SSSR count). The monoisotopic (exact) mass is 782 g/mol. The molecule has 2 saturated carbocycles. The number of nitrogens with zero attached hydrogens (tertiary/aromatic N) is 3. The zero-order valence-corrected chi connectivity index (χ0v) is 31.2. The normalized spacial score (nSPS) is 26.7. The molecule has 1 unspecified atom stereocenters. The second-order valence-electron chi connectivity index (χ2n) is 14.2. The highest BCUT2D eigenvalue weighted by Gasteiger charge is 2.62. The highest BCUT2D eigenvalue weighted by Crippen LogP contribution is 2.46. The second-order valence-corrected chi connectivity index (χ2v) is 17.1. The summed E-state index contributed by atoms with van der Waals surface area (Å²) in [5.41, 5.74) is 0.221. The number of fused-ring (bicyclic) bond motifs is 3. The van der Waals surface area contributed by atoms with Crippen LogP contribution < -0.4 is 20.1 Å². The maximum atomic E-state index is 14.4. The number of para-hydroxylation sites is 2. The molecule has 1 saturated heterocycles. The lowest BCUT2D eigenvalue weighted by molar-refractivity contribution is -0.141. The fourth-order valence-electron chi connectivity index (χ4n) is 7.05. The highest BCUT2D eigenvalue weighted by molar-refractivity contribution is 7.91. The number of alkyl halides is 1. The topological polar surface area (TPSA) is 186 Å². The predicted molar refractivity (Wildman–Crippen MR) is 198 cm³/mol. The van der Waals surface area contributed by atoms with E-state index in [1.807, 2.05) is 47.9 Å². The minimum atomic E-state index is -3.91. The van der Waals surface area contributed by atoms with Gasteiger partial charge in [0.1, 0.15) is 29.4 Å². The van der Waals surface area contributed by atoms with Crippen molar-refractivity contribution in [3.63, 3.8) is 0 Å². The average Bonchev–Trinajstić information content (AvgIpc) is 4.02. The van der Waals surface area contributed by atoms with Crippen LogP contribution in [0.4, 0.5) is 9.18 Å². The summed E-state index contributed by atoms with van der Waals surface area (Å²) in [7, 11) is -3.91. The number of rotatable bonds is 10. The molecule has 54 heavy (non-hydrogen) atoms. The Labute approximate surface area is 316 Å². The molecular weight excluding hydrogens is 740 g/mol. The third-order valence-electron chi connectivity index (χ3n) is 10.2. The van der Waals surface area contributed by atoms with E-state index in [0.29, 0.717) is 42.4 Å². The van der Waals surface area contributed by atoms with E-state index >= 15 is 0 Å². The lowest BCUT2D eigenvalue weighted by Crippen LogP contribution is -2.58. The average molecular weight is 783 g/mol. The largest absolute Gasteiger partial charge is 0.471 e. The van der Waals surface area contributed by atoms with Crippen LogP contribution >= 0.6 is 11.3 Å². The van der Waals surface area contributed by atoms with Gasteiger partial charge in [-0.15, -0.1) is 11.3 Å². The summed E-state index contributed by atoms with van der Waals surface area (Å²) in [5, 5.41) is 6.75. The summed E-state index contributed by atoms with van der Waals surface area (Å²) in [6.45, 7) is -0.900. The van der Waals surface area contributed by atoms with Gasteiger partial charge in [0, 0.05) is 18.8 Å². The SMILES string of the molecule is O=C(N[C@H]1CCCCC/C=C\C2C[C@@]2(C(=O)NS(=O)(=O)C2CC2)NC(=O)[C@@H]2C[C@@H](Oc3nc4ccccc4nc3-c3cccs3)CN2C1=O)OCCCF. The fraction of sp³-hybridized carbons (Fsp3) is 0.514. The molecule has 0 spiro atoms. The van der Waals surface area contributed by atoms with E-state index in [2.05, 4.69) is 15.4 Å². The van der Waals surface area contributed by atoms with Gasteiger partial charge in [-0.2, -0.15) is 0 Å². The number of hydrogen-bond acceptors (Lipinski definition) is 11. The van der Waals surface area contributed by atoms with Crippen LogP contribution in [0, 0.1) is 5.92 Å². The Hall–Kier alpha value is -4.64. The molecule has 2 aliphatic carbocycles. The van der Waals surface area contributed by atoms with E-state index in [0.717, 1.165) is 17.7 Å². The van der Waals surface area contributed by atoms with Gasteiger partial charge in [-0.1, -0.05) is 43.2 Å². The van der Waals surface area contributed by atoms with Crippen LogP contribution in [0.3, 0.4) is 0 Å². The van der Waals surface area contributed by atoms with E-state index in [4.69, 9.17) is 19.4 Å². The fourth-order valence-corrected chi connectivity index (χ4v) is 9.12. The van der Waals surface area contributed by atoms with E-state index in [9.17, 15) is 32.0 Å². The minimum absolute atomic E-state index is 0.00219. The molecule has 1 aromatic carbocycles. The van der Waals surface area contributed by atoms with Gasteiger partial charge in [0.05, 0.1) is 41.0 Å². The molecule has 17 heteroatoms. The number of thiophene rings is 1. The first-order valence-corrected chi connectivity index (χ1v) is 20.8. The molecule has 3 N–H and O–H groups in total.